The van der Waals surface area contributed by atoms with Crippen LogP contribution in [-0.4, -0.2) is 22.7 Å². The van der Waals surface area contributed by atoms with Gasteiger partial charge in [-0.2, -0.15) is 0 Å². The number of nitrogens with zero attached hydrogens (tertiary/aromatic N) is 2. The van der Waals surface area contributed by atoms with E-state index in [2.05, 4.69) is 16.8 Å². The number of anilines is 1. The van der Waals surface area contributed by atoms with Crippen LogP contribution in [0.2, 0.25) is 0 Å². The van der Waals surface area contributed by atoms with Gasteiger partial charge in [-0.3, -0.25) is 0 Å². The summed E-state index contributed by atoms with van der Waals surface area (Å²) in [5.41, 5.74) is 0.883. The van der Waals surface area contributed by atoms with Crippen LogP contribution in [0.1, 0.15) is 44.6 Å². The first kappa shape index (κ1) is 12.4. The lowest BCUT2D eigenvalue weighted by atomic mass is 9.94. The minimum Gasteiger partial charge on any atom is -0.392 e. The SMILES string of the molecule is CCN(c1ccc(CO)cn1)C1CCCCC1. The van der Waals surface area contributed by atoms with E-state index in [1.54, 1.807) is 6.20 Å². The van der Waals surface area contributed by atoms with E-state index in [0.717, 1.165) is 17.9 Å². The average Bonchev–Trinajstić information content (AvgIpc) is 2.42. The van der Waals surface area contributed by atoms with E-state index in [1.807, 2.05) is 12.1 Å². The first-order valence-electron chi connectivity index (χ1n) is 6.67. The molecule has 1 aliphatic carbocycles. The third-order valence-corrected chi connectivity index (χ3v) is 3.64. The van der Waals surface area contributed by atoms with Crippen LogP contribution >= 0.6 is 0 Å². The highest BCUT2D eigenvalue weighted by Gasteiger charge is 2.20. The Morgan fingerprint density at radius 1 is 1.29 bits per heavy atom. The maximum atomic E-state index is 9.02. The molecular weight excluding hydrogens is 212 g/mol. The van der Waals surface area contributed by atoms with E-state index in [9.17, 15) is 0 Å². The predicted octanol–water partition coefficient (Wildman–Crippen LogP) is 2.73. The third-order valence-electron chi connectivity index (χ3n) is 3.64. The number of pyridine rings is 1. The molecule has 1 N–H and O–H groups in total. The largest absolute Gasteiger partial charge is 0.392 e. The molecule has 0 radical (unpaired) electrons. The minimum atomic E-state index is 0.0723. The Bertz CT molecular complexity index is 331. The smallest absolute Gasteiger partial charge is 0.128 e. The third kappa shape index (κ3) is 2.97. The molecule has 3 nitrogen and oxygen atoms in total. The molecular formula is C14H22N2O. The summed E-state index contributed by atoms with van der Waals surface area (Å²) in [6.07, 6.45) is 8.42. The zero-order valence-corrected chi connectivity index (χ0v) is 10.6. The Morgan fingerprint density at radius 2 is 2.06 bits per heavy atom. The number of rotatable bonds is 4. The van der Waals surface area contributed by atoms with Crippen LogP contribution in [0.3, 0.4) is 0 Å². The van der Waals surface area contributed by atoms with Crippen molar-refractivity contribution in [3.05, 3.63) is 23.9 Å². The van der Waals surface area contributed by atoms with Crippen LogP contribution < -0.4 is 4.90 Å². The van der Waals surface area contributed by atoms with Gasteiger partial charge in [-0.15, -0.1) is 0 Å². The van der Waals surface area contributed by atoms with Gasteiger partial charge in [0.15, 0.2) is 0 Å². The number of aliphatic hydroxyl groups is 1. The normalized spacial score (nSPS) is 17.1. The van der Waals surface area contributed by atoms with Crippen molar-refractivity contribution >= 4 is 5.82 Å². The van der Waals surface area contributed by atoms with Crippen molar-refractivity contribution in [2.24, 2.45) is 0 Å². The summed E-state index contributed by atoms with van der Waals surface area (Å²) in [7, 11) is 0. The van der Waals surface area contributed by atoms with Gasteiger partial charge in [0.05, 0.1) is 6.61 Å². The zero-order valence-electron chi connectivity index (χ0n) is 10.6. The quantitative estimate of drug-likeness (QED) is 0.870. The van der Waals surface area contributed by atoms with Gasteiger partial charge in [-0.05, 0) is 31.4 Å². The predicted molar refractivity (Wildman–Crippen MR) is 70.1 cm³/mol. The zero-order chi connectivity index (χ0) is 12.1. The molecule has 0 spiro atoms. The molecule has 0 aromatic carbocycles. The van der Waals surface area contributed by atoms with Crippen molar-refractivity contribution in [3.63, 3.8) is 0 Å². The molecule has 1 heterocycles. The van der Waals surface area contributed by atoms with E-state index >= 15 is 0 Å². The lowest BCUT2D eigenvalue weighted by Crippen LogP contribution is -2.37. The number of aromatic nitrogens is 1. The molecule has 1 aromatic rings. The lowest BCUT2D eigenvalue weighted by Gasteiger charge is -2.34. The van der Waals surface area contributed by atoms with E-state index in [-0.39, 0.29) is 6.61 Å². The van der Waals surface area contributed by atoms with Gasteiger partial charge in [-0.1, -0.05) is 25.3 Å². The summed E-state index contributed by atoms with van der Waals surface area (Å²) in [5.74, 6) is 1.05. The van der Waals surface area contributed by atoms with Crippen LogP contribution in [-0.2, 0) is 6.61 Å². The van der Waals surface area contributed by atoms with Crippen molar-refractivity contribution in [2.75, 3.05) is 11.4 Å². The first-order valence-corrected chi connectivity index (χ1v) is 6.67. The van der Waals surface area contributed by atoms with Crippen molar-refractivity contribution in [1.82, 2.24) is 4.98 Å². The highest BCUT2D eigenvalue weighted by Crippen LogP contribution is 2.25. The second-order valence-corrected chi connectivity index (χ2v) is 4.76. The fourth-order valence-electron chi connectivity index (χ4n) is 2.68. The summed E-state index contributed by atoms with van der Waals surface area (Å²) in [6.45, 7) is 3.27. The van der Waals surface area contributed by atoms with Gasteiger partial charge in [0.25, 0.3) is 0 Å². The highest BCUT2D eigenvalue weighted by molar-refractivity contribution is 5.40. The van der Waals surface area contributed by atoms with Crippen molar-refractivity contribution in [1.29, 1.82) is 0 Å². The molecule has 0 aliphatic heterocycles. The van der Waals surface area contributed by atoms with Crippen molar-refractivity contribution in [3.8, 4) is 0 Å². The van der Waals surface area contributed by atoms with Gasteiger partial charge in [0.2, 0.25) is 0 Å². The highest BCUT2D eigenvalue weighted by atomic mass is 16.3. The summed E-state index contributed by atoms with van der Waals surface area (Å²) >= 11 is 0. The van der Waals surface area contributed by atoms with Crippen LogP contribution in [0.4, 0.5) is 5.82 Å². The van der Waals surface area contributed by atoms with Gasteiger partial charge < -0.3 is 10.0 Å². The molecule has 3 heteroatoms. The average molecular weight is 234 g/mol. The monoisotopic (exact) mass is 234 g/mol. The van der Waals surface area contributed by atoms with Gasteiger partial charge in [0.1, 0.15) is 5.82 Å². The first-order chi connectivity index (χ1) is 8.35. The fourth-order valence-corrected chi connectivity index (χ4v) is 2.68. The van der Waals surface area contributed by atoms with Crippen molar-refractivity contribution < 1.29 is 5.11 Å². The second kappa shape index (κ2) is 6.01. The molecule has 0 amide bonds. The number of hydrogen-bond donors (Lipinski definition) is 1. The molecule has 94 valence electrons. The molecule has 1 aliphatic rings. The number of aliphatic hydroxyl groups excluding tert-OH is 1. The Balaban J connectivity index is 2.10. The molecule has 1 fully saturated rings. The minimum absolute atomic E-state index is 0.0723. The Morgan fingerprint density at radius 3 is 2.59 bits per heavy atom. The molecule has 2 rings (SSSR count). The molecule has 1 aromatic heterocycles. The summed E-state index contributed by atoms with van der Waals surface area (Å²) < 4.78 is 0. The molecule has 1 saturated carbocycles. The van der Waals surface area contributed by atoms with E-state index in [4.69, 9.17) is 5.11 Å². The molecule has 0 saturated heterocycles. The van der Waals surface area contributed by atoms with Gasteiger partial charge in [0, 0.05) is 18.8 Å². The van der Waals surface area contributed by atoms with Crippen molar-refractivity contribution in [2.45, 2.75) is 51.7 Å². The Kier molecular flexibility index (Phi) is 4.37. The summed E-state index contributed by atoms with van der Waals surface area (Å²) in [5, 5.41) is 9.02. The summed E-state index contributed by atoms with van der Waals surface area (Å²) in [4.78, 5) is 6.86. The van der Waals surface area contributed by atoms with Crippen LogP contribution in [0, 0.1) is 0 Å². The fraction of sp³-hybridized carbons (Fsp3) is 0.643. The molecule has 0 atom stereocenters. The topological polar surface area (TPSA) is 36.4 Å². The van der Waals surface area contributed by atoms with Gasteiger partial charge >= 0.3 is 0 Å². The summed E-state index contributed by atoms with van der Waals surface area (Å²) in [6, 6.07) is 4.65. The Hall–Kier alpha value is -1.09. The van der Waals surface area contributed by atoms with E-state index < -0.39 is 0 Å². The van der Waals surface area contributed by atoms with Crippen LogP contribution in [0.25, 0.3) is 0 Å². The van der Waals surface area contributed by atoms with Crippen LogP contribution in [0.5, 0.6) is 0 Å². The van der Waals surface area contributed by atoms with Gasteiger partial charge in [-0.25, -0.2) is 4.98 Å². The van der Waals surface area contributed by atoms with Crippen LogP contribution in [0.15, 0.2) is 18.3 Å². The lowest BCUT2D eigenvalue weighted by molar-refractivity contribution is 0.281. The van der Waals surface area contributed by atoms with E-state index in [1.165, 1.54) is 32.1 Å². The molecule has 17 heavy (non-hydrogen) atoms. The molecule has 0 bridgehead atoms. The number of hydrogen-bond acceptors (Lipinski definition) is 3. The second-order valence-electron chi connectivity index (χ2n) is 4.76. The Labute approximate surface area is 103 Å². The maximum absolute atomic E-state index is 9.02. The molecule has 0 unspecified atom stereocenters. The van der Waals surface area contributed by atoms with E-state index in [0.29, 0.717) is 6.04 Å². The maximum Gasteiger partial charge on any atom is 0.128 e. The standard InChI is InChI=1S/C14H22N2O/c1-2-16(13-6-4-3-5-7-13)14-9-8-12(11-17)10-15-14/h8-10,13,17H,2-7,11H2,1H3.